The standard InChI is InChI=1S/C10H21N3O/c1-2-7-12-9(14)13-8-10(11)5-3-4-6-10/h2-8,11H2,1H3,(H2,12,13,14). The minimum atomic E-state index is -0.149. The van der Waals surface area contributed by atoms with Crippen molar-refractivity contribution < 1.29 is 4.79 Å². The van der Waals surface area contributed by atoms with Crippen LogP contribution in [-0.2, 0) is 0 Å². The summed E-state index contributed by atoms with van der Waals surface area (Å²) in [4.78, 5) is 11.2. The quantitative estimate of drug-likeness (QED) is 0.631. The summed E-state index contributed by atoms with van der Waals surface area (Å²) in [5, 5.41) is 5.59. The Morgan fingerprint density at radius 3 is 2.57 bits per heavy atom. The Labute approximate surface area is 85.6 Å². The zero-order valence-electron chi connectivity index (χ0n) is 8.94. The van der Waals surface area contributed by atoms with Crippen LogP contribution in [0.5, 0.6) is 0 Å². The second kappa shape index (κ2) is 5.20. The minimum Gasteiger partial charge on any atom is -0.338 e. The Bertz CT molecular complexity index is 188. The fourth-order valence-electron chi connectivity index (χ4n) is 1.81. The van der Waals surface area contributed by atoms with E-state index in [-0.39, 0.29) is 11.6 Å². The molecule has 0 spiro atoms. The Kier molecular flexibility index (Phi) is 4.20. The molecule has 1 saturated carbocycles. The van der Waals surface area contributed by atoms with Crippen LogP contribution in [0.25, 0.3) is 0 Å². The Morgan fingerprint density at radius 2 is 2.00 bits per heavy atom. The van der Waals surface area contributed by atoms with Crippen molar-refractivity contribution >= 4 is 6.03 Å². The molecule has 4 nitrogen and oxygen atoms in total. The summed E-state index contributed by atoms with van der Waals surface area (Å²) in [5.74, 6) is 0. The van der Waals surface area contributed by atoms with Crippen molar-refractivity contribution in [3.63, 3.8) is 0 Å². The second-order valence-corrected chi connectivity index (χ2v) is 4.18. The average Bonchev–Trinajstić information content (AvgIpc) is 2.60. The molecule has 0 aromatic heterocycles. The largest absolute Gasteiger partial charge is 0.338 e. The van der Waals surface area contributed by atoms with Gasteiger partial charge in [0.25, 0.3) is 0 Å². The molecule has 1 aliphatic rings. The average molecular weight is 199 g/mol. The lowest BCUT2D eigenvalue weighted by Crippen LogP contribution is -2.50. The number of carbonyl (C=O) groups is 1. The maximum atomic E-state index is 11.2. The van der Waals surface area contributed by atoms with Gasteiger partial charge in [0, 0.05) is 18.6 Å². The molecule has 1 fully saturated rings. The molecule has 0 saturated heterocycles. The number of amides is 2. The molecule has 0 unspecified atom stereocenters. The van der Waals surface area contributed by atoms with Crippen molar-refractivity contribution in [3.05, 3.63) is 0 Å². The number of carbonyl (C=O) groups excluding carboxylic acids is 1. The van der Waals surface area contributed by atoms with Gasteiger partial charge < -0.3 is 16.4 Å². The molecule has 0 radical (unpaired) electrons. The van der Waals surface area contributed by atoms with Gasteiger partial charge in [0.15, 0.2) is 0 Å². The van der Waals surface area contributed by atoms with E-state index in [1.807, 2.05) is 6.92 Å². The molecular formula is C10H21N3O. The van der Waals surface area contributed by atoms with Gasteiger partial charge in [-0.25, -0.2) is 4.79 Å². The highest BCUT2D eigenvalue weighted by atomic mass is 16.2. The van der Waals surface area contributed by atoms with Crippen LogP contribution in [0.15, 0.2) is 0 Å². The van der Waals surface area contributed by atoms with Crippen LogP contribution in [0, 0.1) is 0 Å². The summed E-state index contributed by atoms with van der Waals surface area (Å²) in [7, 11) is 0. The van der Waals surface area contributed by atoms with E-state index in [2.05, 4.69) is 10.6 Å². The van der Waals surface area contributed by atoms with E-state index in [1.54, 1.807) is 0 Å². The molecule has 1 aliphatic carbocycles. The first-order valence-corrected chi connectivity index (χ1v) is 5.47. The van der Waals surface area contributed by atoms with Crippen molar-refractivity contribution in [2.75, 3.05) is 13.1 Å². The normalized spacial score (nSPS) is 19.3. The van der Waals surface area contributed by atoms with Crippen LogP contribution in [0.2, 0.25) is 0 Å². The third-order valence-corrected chi connectivity index (χ3v) is 2.74. The van der Waals surface area contributed by atoms with Gasteiger partial charge in [0.05, 0.1) is 0 Å². The third kappa shape index (κ3) is 3.54. The first-order chi connectivity index (χ1) is 6.66. The molecule has 4 N–H and O–H groups in total. The van der Waals surface area contributed by atoms with Crippen LogP contribution >= 0.6 is 0 Å². The van der Waals surface area contributed by atoms with Gasteiger partial charge >= 0.3 is 6.03 Å². The fraction of sp³-hybridized carbons (Fsp3) is 0.900. The predicted octanol–water partition coefficient (Wildman–Crippen LogP) is 0.967. The van der Waals surface area contributed by atoms with E-state index in [0.29, 0.717) is 6.54 Å². The molecular weight excluding hydrogens is 178 g/mol. The van der Waals surface area contributed by atoms with Gasteiger partial charge in [-0.05, 0) is 19.3 Å². The van der Waals surface area contributed by atoms with Crippen LogP contribution in [-0.4, -0.2) is 24.7 Å². The Morgan fingerprint density at radius 1 is 1.36 bits per heavy atom. The van der Waals surface area contributed by atoms with Gasteiger partial charge in [0.2, 0.25) is 0 Å². The lowest BCUT2D eigenvalue weighted by molar-refractivity contribution is 0.237. The first kappa shape index (κ1) is 11.3. The van der Waals surface area contributed by atoms with Crippen LogP contribution in [0.1, 0.15) is 39.0 Å². The summed E-state index contributed by atoms with van der Waals surface area (Å²) in [5.41, 5.74) is 5.94. The second-order valence-electron chi connectivity index (χ2n) is 4.18. The molecule has 0 aromatic carbocycles. The van der Waals surface area contributed by atoms with E-state index in [1.165, 1.54) is 12.8 Å². The summed E-state index contributed by atoms with van der Waals surface area (Å²) < 4.78 is 0. The van der Waals surface area contributed by atoms with Gasteiger partial charge in [-0.3, -0.25) is 0 Å². The minimum absolute atomic E-state index is 0.0939. The summed E-state index contributed by atoms with van der Waals surface area (Å²) >= 11 is 0. The van der Waals surface area contributed by atoms with E-state index >= 15 is 0 Å². The third-order valence-electron chi connectivity index (χ3n) is 2.74. The lowest BCUT2D eigenvalue weighted by atomic mass is 10.00. The maximum Gasteiger partial charge on any atom is 0.314 e. The van der Waals surface area contributed by atoms with Crippen molar-refractivity contribution in [1.82, 2.24) is 10.6 Å². The zero-order chi connectivity index (χ0) is 10.4. The van der Waals surface area contributed by atoms with E-state index in [9.17, 15) is 4.79 Å². The number of nitrogens with one attached hydrogen (secondary N) is 2. The van der Waals surface area contributed by atoms with E-state index in [0.717, 1.165) is 25.8 Å². The molecule has 0 atom stereocenters. The molecule has 0 aliphatic heterocycles. The van der Waals surface area contributed by atoms with Crippen molar-refractivity contribution in [2.24, 2.45) is 5.73 Å². The Hall–Kier alpha value is -0.770. The number of nitrogens with two attached hydrogens (primary N) is 1. The highest BCUT2D eigenvalue weighted by molar-refractivity contribution is 5.73. The van der Waals surface area contributed by atoms with Crippen molar-refractivity contribution in [1.29, 1.82) is 0 Å². The highest BCUT2D eigenvalue weighted by Gasteiger charge is 2.29. The lowest BCUT2D eigenvalue weighted by Gasteiger charge is -2.23. The van der Waals surface area contributed by atoms with Crippen LogP contribution < -0.4 is 16.4 Å². The van der Waals surface area contributed by atoms with Gasteiger partial charge in [0.1, 0.15) is 0 Å². The van der Waals surface area contributed by atoms with Crippen molar-refractivity contribution in [2.45, 2.75) is 44.6 Å². The monoisotopic (exact) mass is 199 g/mol. The van der Waals surface area contributed by atoms with Gasteiger partial charge in [-0.2, -0.15) is 0 Å². The van der Waals surface area contributed by atoms with Gasteiger partial charge in [-0.1, -0.05) is 19.8 Å². The molecule has 2 amide bonds. The van der Waals surface area contributed by atoms with Crippen molar-refractivity contribution in [3.8, 4) is 0 Å². The number of urea groups is 1. The molecule has 0 aromatic rings. The molecule has 0 heterocycles. The maximum absolute atomic E-state index is 11.2. The fourth-order valence-corrected chi connectivity index (χ4v) is 1.81. The number of rotatable bonds is 4. The summed E-state index contributed by atoms with van der Waals surface area (Å²) in [6.45, 7) is 3.35. The predicted molar refractivity (Wildman–Crippen MR) is 57.1 cm³/mol. The molecule has 14 heavy (non-hydrogen) atoms. The molecule has 4 heteroatoms. The zero-order valence-corrected chi connectivity index (χ0v) is 8.94. The Balaban J connectivity index is 2.15. The van der Waals surface area contributed by atoms with Crippen LogP contribution in [0.3, 0.4) is 0 Å². The molecule has 1 rings (SSSR count). The van der Waals surface area contributed by atoms with Crippen LogP contribution in [0.4, 0.5) is 4.79 Å². The SMILES string of the molecule is CCCNC(=O)NCC1(N)CCCC1. The smallest absolute Gasteiger partial charge is 0.314 e. The van der Waals surface area contributed by atoms with Gasteiger partial charge in [-0.15, -0.1) is 0 Å². The summed E-state index contributed by atoms with van der Waals surface area (Å²) in [6.07, 6.45) is 5.40. The first-order valence-electron chi connectivity index (χ1n) is 5.47. The summed E-state index contributed by atoms with van der Waals surface area (Å²) in [6, 6.07) is -0.0939. The topological polar surface area (TPSA) is 67.2 Å². The highest BCUT2D eigenvalue weighted by Crippen LogP contribution is 2.26. The molecule has 82 valence electrons. The number of hydrogen-bond acceptors (Lipinski definition) is 2. The molecule has 0 bridgehead atoms. The number of hydrogen-bond donors (Lipinski definition) is 3. The van der Waals surface area contributed by atoms with E-state index < -0.39 is 0 Å². The van der Waals surface area contributed by atoms with E-state index in [4.69, 9.17) is 5.73 Å².